The second-order valence-corrected chi connectivity index (χ2v) is 10.4. The Bertz CT molecular complexity index is 1230. The first-order chi connectivity index (χ1) is 16.6. The van der Waals surface area contributed by atoms with Crippen molar-refractivity contribution >= 4 is 28.3 Å². The van der Waals surface area contributed by atoms with Crippen molar-refractivity contribution in [3.63, 3.8) is 0 Å². The van der Waals surface area contributed by atoms with Gasteiger partial charge in [-0.05, 0) is 61.2 Å². The second kappa shape index (κ2) is 13.4. The average Bonchev–Trinajstić information content (AvgIpc) is 2.81. The van der Waals surface area contributed by atoms with Crippen molar-refractivity contribution < 1.29 is 23.1 Å². The number of halogens is 1. The maximum Gasteiger partial charge on any atom is 0.268 e. The Hall–Kier alpha value is -2.91. The number of hydrogen-bond acceptors (Lipinski definition) is 6. The van der Waals surface area contributed by atoms with Gasteiger partial charge < -0.3 is 15.2 Å². The van der Waals surface area contributed by atoms with Crippen molar-refractivity contribution in [3.05, 3.63) is 89.5 Å². The van der Waals surface area contributed by atoms with Gasteiger partial charge in [-0.25, -0.2) is 13.1 Å². The van der Waals surface area contributed by atoms with Gasteiger partial charge in [0.15, 0.2) is 0 Å². The van der Waals surface area contributed by atoms with Gasteiger partial charge in [0.25, 0.3) is 5.91 Å². The number of rotatable bonds is 11. The number of sulfonamides is 1. The normalized spacial score (nSPS) is 12.0. The van der Waals surface area contributed by atoms with Gasteiger partial charge in [-0.2, -0.15) is 0 Å². The fourth-order valence-corrected chi connectivity index (χ4v) is 4.04. The van der Waals surface area contributed by atoms with E-state index in [0.717, 1.165) is 41.5 Å². The Labute approximate surface area is 219 Å². The van der Waals surface area contributed by atoms with Crippen molar-refractivity contribution in [2.45, 2.75) is 32.5 Å². The zero-order chi connectivity index (χ0) is 25.4. The molecule has 0 saturated heterocycles. The molecule has 0 fully saturated rings. The molecule has 0 unspecified atom stereocenters. The molecule has 0 saturated carbocycles. The number of ether oxygens (including phenoxy) is 1. The average molecular weight is 533 g/mol. The smallest absolute Gasteiger partial charge is 0.268 e. The van der Waals surface area contributed by atoms with Crippen molar-refractivity contribution in [3.8, 4) is 16.9 Å². The van der Waals surface area contributed by atoms with E-state index in [1.54, 1.807) is 18.2 Å². The summed E-state index contributed by atoms with van der Waals surface area (Å²) in [5, 5.41) is 13.5. The van der Waals surface area contributed by atoms with E-state index >= 15 is 0 Å². The van der Waals surface area contributed by atoms with Crippen LogP contribution < -0.4 is 14.8 Å². The number of benzene rings is 3. The van der Waals surface area contributed by atoms with Gasteiger partial charge in [-0.3, -0.25) is 4.79 Å². The Balaban J connectivity index is 0.00000456. The molecular weight excluding hydrogens is 500 g/mol. The first-order valence-corrected chi connectivity index (χ1v) is 13.4. The number of nitrogens with one attached hydrogen (secondary N) is 2. The third-order valence-electron chi connectivity index (χ3n) is 5.27. The molecule has 1 amide bonds. The second-order valence-electron chi connectivity index (χ2n) is 8.66. The van der Waals surface area contributed by atoms with E-state index in [2.05, 4.69) is 5.32 Å². The molecule has 0 heterocycles. The first kappa shape index (κ1) is 29.3. The standard InChI is InChI=1S/C27H32N2O5S.ClH/c1-19(2)34-26-17-23(13-14-24(26)27(31)29-35(3,32)33)21-11-9-20(10-12-21)15-16-28-18-25(30)22-7-5-4-6-8-22;/h4-14,17,19,25,28,30H,15-16,18H2,1-3H3,(H,29,31);1H/t25-;/m0./s1. The maximum atomic E-state index is 12.4. The number of aliphatic hydroxyl groups is 1. The molecule has 0 aliphatic rings. The Kier molecular flexibility index (Phi) is 10.9. The number of carbonyl (C=O) groups is 1. The number of hydrogen-bond donors (Lipinski definition) is 3. The molecule has 1 atom stereocenters. The van der Waals surface area contributed by atoms with E-state index in [0.29, 0.717) is 12.3 Å². The molecule has 36 heavy (non-hydrogen) atoms. The highest BCUT2D eigenvalue weighted by molar-refractivity contribution is 7.89. The summed E-state index contributed by atoms with van der Waals surface area (Å²) >= 11 is 0. The molecule has 0 aliphatic heterocycles. The van der Waals surface area contributed by atoms with E-state index in [9.17, 15) is 18.3 Å². The fraction of sp³-hybridized carbons (Fsp3) is 0.296. The molecule has 9 heteroatoms. The van der Waals surface area contributed by atoms with Crippen LogP contribution in [0.25, 0.3) is 11.1 Å². The minimum absolute atomic E-state index is 0. The number of aliphatic hydroxyl groups excluding tert-OH is 1. The lowest BCUT2D eigenvalue weighted by Gasteiger charge is -2.16. The van der Waals surface area contributed by atoms with Crippen LogP contribution in [0, 0.1) is 0 Å². The molecule has 3 rings (SSSR count). The highest BCUT2D eigenvalue weighted by atomic mass is 35.5. The van der Waals surface area contributed by atoms with Crippen LogP contribution in [0.5, 0.6) is 5.75 Å². The molecular formula is C27H33ClN2O5S. The van der Waals surface area contributed by atoms with Crippen LogP contribution in [0.2, 0.25) is 0 Å². The quantitative estimate of drug-likeness (QED) is 0.321. The molecule has 3 aromatic rings. The molecule has 0 aromatic heterocycles. The Morgan fingerprint density at radius 2 is 1.61 bits per heavy atom. The van der Waals surface area contributed by atoms with Crippen LogP contribution in [0.4, 0.5) is 0 Å². The highest BCUT2D eigenvalue weighted by Gasteiger charge is 2.18. The van der Waals surface area contributed by atoms with Crippen molar-refractivity contribution in [2.24, 2.45) is 0 Å². The maximum absolute atomic E-state index is 12.4. The van der Waals surface area contributed by atoms with Crippen molar-refractivity contribution in [1.29, 1.82) is 0 Å². The van der Waals surface area contributed by atoms with Gasteiger partial charge in [0.2, 0.25) is 10.0 Å². The minimum Gasteiger partial charge on any atom is -0.490 e. The van der Waals surface area contributed by atoms with Crippen molar-refractivity contribution in [1.82, 2.24) is 10.0 Å². The first-order valence-electron chi connectivity index (χ1n) is 11.5. The Morgan fingerprint density at radius 1 is 0.972 bits per heavy atom. The molecule has 0 radical (unpaired) electrons. The van der Waals surface area contributed by atoms with Gasteiger partial charge in [-0.15, -0.1) is 12.4 Å². The van der Waals surface area contributed by atoms with Gasteiger partial charge in [0.05, 0.1) is 24.0 Å². The molecule has 0 aliphatic carbocycles. The molecule has 194 valence electrons. The van der Waals surface area contributed by atoms with E-state index < -0.39 is 22.0 Å². The van der Waals surface area contributed by atoms with E-state index in [1.807, 2.05) is 73.2 Å². The third kappa shape index (κ3) is 8.95. The molecule has 0 spiro atoms. The van der Waals surface area contributed by atoms with E-state index in [-0.39, 0.29) is 24.1 Å². The monoisotopic (exact) mass is 532 g/mol. The lowest BCUT2D eigenvalue weighted by molar-refractivity contribution is 0.0976. The molecule has 3 aromatic carbocycles. The van der Waals surface area contributed by atoms with Crippen LogP contribution in [-0.4, -0.2) is 44.9 Å². The van der Waals surface area contributed by atoms with Gasteiger partial charge in [-0.1, -0.05) is 60.7 Å². The summed E-state index contributed by atoms with van der Waals surface area (Å²) in [5.74, 6) is -0.404. The lowest BCUT2D eigenvalue weighted by Crippen LogP contribution is -2.30. The summed E-state index contributed by atoms with van der Waals surface area (Å²) in [5.41, 5.74) is 4.01. The van der Waals surface area contributed by atoms with E-state index in [4.69, 9.17) is 4.74 Å². The summed E-state index contributed by atoms with van der Waals surface area (Å²) in [6, 6.07) is 22.7. The zero-order valence-electron chi connectivity index (χ0n) is 20.6. The fourth-order valence-electron chi connectivity index (χ4n) is 3.59. The number of carbonyl (C=O) groups excluding carboxylic acids is 1. The SMILES string of the molecule is CC(C)Oc1cc(-c2ccc(CCNC[C@H](O)c3ccccc3)cc2)ccc1C(=O)NS(C)(=O)=O.Cl. The van der Waals surface area contributed by atoms with Gasteiger partial charge in [0.1, 0.15) is 5.75 Å². The summed E-state index contributed by atoms with van der Waals surface area (Å²) in [4.78, 5) is 12.4. The molecule has 0 bridgehead atoms. The predicted octanol–water partition coefficient (Wildman–Crippen LogP) is 4.12. The van der Waals surface area contributed by atoms with Crippen LogP contribution in [0.1, 0.15) is 41.4 Å². The van der Waals surface area contributed by atoms with Crippen LogP contribution >= 0.6 is 12.4 Å². The Morgan fingerprint density at radius 3 is 2.22 bits per heavy atom. The van der Waals surface area contributed by atoms with E-state index in [1.165, 1.54) is 0 Å². The van der Waals surface area contributed by atoms with Gasteiger partial charge in [0, 0.05) is 6.54 Å². The summed E-state index contributed by atoms with van der Waals surface area (Å²) in [6.07, 6.45) is 1.02. The minimum atomic E-state index is -3.69. The van der Waals surface area contributed by atoms with Crippen LogP contribution in [0.3, 0.4) is 0 Å². The van der Waals surface area contributed by atoms with Gasteiger partial charge >= 0.3 is 0 Å². The molecule has 3 N–H and O–H groups in total. The summed E-state index contributed by atoms with van der Waals surface area (Å²) in [7, 11) is -3.69. The molecule has 7 nitrogen and oxygen atoms in total. The summed E-state index contributed by atoms with van der Waals surface area (Å²) < 4.78 is 30.7. The topological polar surface area (TPSA) is 105 Å². The predicted molar refractivity (Wildman–Crippen MR) is 145 cm³/mol. The summed E-state index contributed by atoms with van der Waals surface area (Å²) in [6.45, 7) is 4.90. The number of amides is 1. The van der Waals surface area contributed by atoms with Crippen LogP contribution in [-0.2, 0) is 16.4 Å². The highest BCUT2D eigenvalue weighted by Crippen LogP contribution is 2.29. The van der Waals surface area contributed by atoms with Crippen LogP contribution in [0.15, 0.2) is 72.8 Å². The van der Waals surface area contributed by atoms with Crippen molar-refractivity contribution in [2.75, 3.05) is 19.3 Å². The lowest BCUT2D eigenvalue weighted by atomic mass is 10.0. The zero-order valence-corrected chi connectivity index (χ0v) is 22.2. The largest absolute Gasteiger partial charge is 0.490 e. The third-order valence-corrected chi connectivity index (χ3v) is 5.82.